The standard InChI is InChI=1S/C36H54O10/c1-31(2)21-8-11-36(7)27(34(21,5)10-9-22(31)45-29-25(40)23(38)24(39)26(46-29)28(41)42)20(37)16-18-19-17-33(4,30(43)44)13-12-32(19,3)14-15-35(18,36)6/h16,19,21-27,29,38-40H,8-15,17H2,1-7H3,(H,41,42)(H,43,44)/t19-,21+,22-,23?,24+,25?,26?,27-,29+,32+,33?,34-,35-,36+/m0/s1. The van der Waals surface area contributed by atoms with Crippen LogP contribution in [0.3, 0.4) is 0 Å². The molecule has 5 aliphatic carbocycles. The number of ether oxygens (including phenoxy) is 2. The monoisotopic (exact) mass is 646 g/mol. The van der Waals surface area contributed by atoms with Gasteiger partial charge in [0.05, 0.1) is 11.5 Å². The van der Waals surface area contributed by atoms with Gasteiger partial charge in [-0.15, -0.1) is 0 Å². The lowest BCUT2D eigenvalue weighted by Crippen LogP contribution is -2.67. The molecule has 0 aromatic rings. The summed E-state index contributed by atoms with van der Waals surface area (Å²) in [6.45, 7) is 15.3. The second kappa shape index (κ2) is 10.6. The Balaban J connectivity index is 1.31. The van der Waals surface area contributed by atoms with Gasteiger partial charge in [0.1, 0.15) is 18.3 Å². The Morgan fingerprint density at radius 3 is 2.13 bits per heavy atom. The normalized spacial score (nSPS) is 53.1. The molecule has 5 N–H and O–H groups in total. The molecule has 10 nitrogen and oxygen atoms in total. The van der Waals surface area contributed by atoms with Crippen LogP contribution in [0, 0.1) is 50.2 Å². The van der Waals surface area contributed by atoms with Crippen LogP contribution >= 0.6 is 0 Å². The molecule has 4 unspecified atom stereocenters. The number of carboxylic acid groups (broad SMARTS) is 2. The maximum absolute atomic E-state index is 14.6. The lowest BCUT2D eigenvalue weighted by atomic mass is 9.33. The first-order valence-corrected chi connectivity index (χ1v) is 17.2. The van der Waals surface area contributed by atoms with E-state index in [2.05, 4.69) is 41.5 Å². The number of carboxylic acids is 2. The van der Waals surface area contributed by atoms with Crippen molar-refractivity contribution in [3.8, 4) is 0 Å². The third-order valence-corrected chi connectivity index (χ3v) is 15.1. The fourth-order valence-electron chi connectivity index (χ4n) is 11.9. The van der Waals surface area contributed by atoms with Crippen LogP contribution in [0.2, 0.25) is 0 Å². The molecule has 46 heavy (non-hydrogen) atoms. The molecule has 6 rings (SSSR count). The summed E-state index contributed by atoms with van der Waals surface area (Å²) in [6.07, 6.45) is 0.183. The van der Waals surface area contributed by atoms with Gasteiger partial charge in [0.25, 0.3) is 0 Å². The summed E-state index contributed by atoms with van der Waals surface area (Å²) in [6, 6.07) is 0. The average Bonchev–Trinajstić information content (AvgIpc) is 2.96. The minimum absolute atomic E-state index is 0.0166. The van der Waals surface area contributed by atoms with Gasteiger partial charge in [-0.1, -0.05) is 47.1 Å². The van der Waals surface area contributed by atoms with E-state index < -0.39 is 59.6 Å². The molecule has 0 aromatic heterocycles. The Hall–Kier alpha value is -1.85. The molecule has 0 spiro atoms. The lowest BCUT2D eigenvalue weighted by molar-refractivity contribution is -0.323. The zero-order valence-electron chi connectivity index (χ0n) is 28.4. The Morgan fingerprint density at radius 1 is 0.848 bits per heavy atom. The highest BCUT2D eigenvalue weighted by Gasteiger charge is 2.70. The number of ketones is 1. The zero-order valence-corrected chi connectivity index (χ0v) is 28.4. The van der Waals surface area contributed by atoms with Crippen molar-refractivity contribution in [1.29, 1.82) is 0 Å². The first-order valence-electron chi connectivity index (χ1n) is 17.2. The number of hydrogen-bond acceptors (Lipinski definition) is 8. The van der Waals surface area contributed by atoms with Gasteiger partial charge in [0, 0.05) is 5.92 Å². The van der Waals surface area contributed by atoms with Crippen LogP contribution in [-0.4, -0.2) is 80.1 Å². The van der Waals surface area contributed by atoms with Crippen molar-refractivity contribution < 1.29 is 49.4 Å². The Morgan fingerprint density at radius 2 is 1.50 bits per heavy atom. The topological polar surface area (TPSA) is 171 Å². The summed E-state index contributed by atoms with van der Waals surface area (Å²) in [5.74, 6) is -2.15. The van der Waals surface area contributed by atoms with Crippen LogP contribution in [0.4, 0.5) is 0 Å². The van der Waals surface area contributed by atoms with E-state index in [1.165, 1.54) is 5.57 Å². The molecule has 14 atom stereocenters. The number of aliphatic carboxylic acids is 2. The van der Waals surface area contributed by atoms with Gasteiger partial charge in [0.2, 0.25) is 0 Å². The van der Waals surface area contributed by atoms with Crippen LogP contribution in [0.15, 0.2) is 11.6 Å². The molecule has 1 aliphatic heterocycles. The Labute approximate surface area is 271 Å². The van der Waals surface area contributed by atoms with Crippen molar-refractivity contribution in [2.45, 2.75) is 143 Å². The largest absolute Gasteiger partial charge is 0.481 e. The first-order chi connectivity index (χ1) is 21.2. The third kappa shape index (κ3) is 4.49. The SMILES string of the molecule is CC1(C(=O)O)CC[C@]2(C)CC[C@@]3(C)C(=CC(=O)[C@H]4[C@@]5(C)CC[C@H](O[C@@H]6OC(C(=O)O)[C@H](O)C(O)C6O)C(C)(C)[C@H]5CC[C@]43C)[C@@H]2C1. The average molecular weight is 647 g/mol. The summed E-state index contributed by atoms with van der Waals surface area (Å²) in [5, 5.41) is 50.9. The van der Waals surface area contributed by atoms with Crippen LogP contribution in [0.5, 0.6) is 0 Å². The summed E-state index contributed by atoms with van der Waals surface area (Å²) in [4.78, 5) is 38.7. The van der Waals surface area contributed by atoms with Crippen molar-refractivity contribution in [1.82, 2.24) is 0 Å². The van der Waals surface area contributed by atoms with E-state index in [0.717, 1.165) is 32.1 Å². The highest BCUT2D eigenvalue weighted by atomic mass is 16.7. The number of carbonyl (C=O) groups is 3. The van der Waals surface area contributed by atoms with E-state index in [-0.39, 0.29) is 45.2 Å². The van der Waals surface area contributed by atoms with E-state index in [1.54, 1.807) is 0 Å². The Bertz CT molecular complexity index is 1340. The third-order valence-electron chi connectivity index (χ3n) is 15.1. The van der Waals surface area contributed by atoms with Crippen LogP contribution < -0.4 is 0 Å². The highest BCUT2D eigenvalue weighted by molar-refractivity contribution is 5.95. The molecule has 4 saturated carbocycles. The zero-order chi connectivity index (χ0) is 34.0. The summed E-state index contributed by atoms with van der Waals surface area (Å²) < 4.78 is 11.8. The number of fused-ring (bicyclic) bond motifs is 7. The summed E-state index contributed by atoms with van der Waals surface area (Å²) >= 11 is 0. The second-order valence-electron chi connectivity index (χ2n) is 17.8. The highest BCUT2D eigenvalue weighted by Crippen LogP contribution is 2.75. The van der Waals surface area contributed by atoms with Crippen molar-refractivity contribution in [3.63, 3.8) is 0 Å². The maximum Gasteiger partial charge on any atom is 0.335 e. The van der Waals surface area contributed by atoms with E-state index >= 15 is 0 Å². The second-order valence-corrected chi connectivity index (χ2v) is 17.8. The first kappa shape index (κ1) is 34.0. The van der Waals surface area contributed by atoms with Gasteiger partial charge in [-0.25, -0.2) is 4.79 Å². The van der Waals surface area contributed by atoms with Gasteiger partial charge in [-0.2, -0.15) is 0 Å². The van der Waals surface area contributed by atoms with Gasteiger partial charge >= 0.3 is 11.9 Å². The predicted octanol–water partition coefficient (Wildman–Crippen LogP) is 4.33. The number of aliphatic hydroxyl groups excluding tert-OH is 3. The van der Waals surface area contributed by atoms with Crippen molar-refractivity contribution in [2.75, 3.05) is 0 Å². The lowest BCUT2D eigenvalue weighted by Gasteiger charge is -2.70. The molecule has 0 aromatic carbocycles. The molecule has 6 aliphatic rings. The number of allylic oxidation sites excluding steroid dienone is 2. The Kier molecular flexibility index (Phi) is 7.82. The van der Waals surface area contributed by atoms with Crippen LogP contribution in [0.25, 0.3) is 0 Å². The van der Waals surface area contributed by atoms with Crippen molar-refractivity contribution in [3.05, 3.63) is 11.6 Å². The molecule has 10 heteroatoms. The van der Waals surface area contributed by atoms with Crippen LogP contribution in [-0.2, 0) is 23.9 Å². The van der Waals surface area contributed by atoms with E-state index in [1.807, 2.05) is 13.0 Å². The smallest absolute Gasteiger partial charge is 0.335 e. The van der Waals surface area contributed by atoms with Gasteiger partial charge < -0.3 is 35.0 Å². The predicted molar refractivity (Wildman–Crippen MR) is 166 cm³/mol. The van der Waals surface area contributed by atoms with Crippen molar-refractivity contribution >= 4 is 17.7 Å². The van der Waals surface area contributed by atoms with Crippen molar-refractivity contribution in [2.24, 2.45) is 50.2 Å². The molecule has 0 amide bonds. The summed E-state index contributed by atoms with van der Waals surface area (Å²) in [7, 11) is 0. The molecule has 1 saturated heterocycles. The van der Waals surface area contributed by atoms with Gasteiger partial charge in [-0.3, -0.25) is 9.59 Å². The molecular weight excluding hydrogens is 592 g/mol. The molecule has 258 valence electrons. The number of hydrogen-bond donors (Lipinski definition) is 5. The van der Waals surface area contributed by atoms with E-state index in [0.29, 0.717) is 25.7 Å². The van der Waals surface area contributed by atoms with E-state index in [9.17, 15) is 39.9 Å². The van der Waals surface area contributed by atoms with E-state index in [4.69, 9.17) is 9.47 Å². The molecule has 1 heterocycles. The number of rotatable bonds is 4. The minimum Gasteiger partial charge on any atom is -0.481 e. The fourth-order valence-corrected chi connectivity index (χ4v) is 11.9. The maximum atomic E-state index is 14.6. The quantitative estimate of drug-likeness (QED) is 0.277. The minimum atomic E-state index is -1.79. The molecule has 0 radical (unpaired) electrons. The van der Waals surface area contributed by atoms with Crippen LogP contribution in [0.1, 0.15) is 106 Å². The number of aliphatic hydroxyl groups is 3. The van der Waals surface area contributed by atoms with Gasteiger partial charge in [-0.05, 0) is 110 Å². The summed E-state index contributed by atoms with van der Waals surface area (Å²) in [5.41, 5.74) is -1.03. The molecular formula is C36H54O10. The molecule has 0 bridgehead atoms. The number of carbonyl (C=O) groups excluding carboxylic acids is 1. The molecule has 5 fully saturated rings. The fraction of sp³-hybridized carbons (Fsp3) is 0.861. The van der Waals surface area contributed by atoms with Gasteiger partial charge in [0.15, 0.2) is 18.2 Å².